The van der Waals surface area contributed by atoms with Gasteiger partial charge >= 0.3 is 0 Å². The molecule has 2 unspecified atom stereocenters. The summed E-state index contributed by atoms with van der Waals surface area (Å²) in [6, 6.07) is 87.2. The molecule has 0 saturated carbocycles. The lowest BCUT2D eigenvalue weighted by Crippen LogP contribution is -2.28. The van der Waals surface area contributed by atoms with E-state index in [1.165, 1.54) is 55.6 Å². The third kappa shape index (κ3) is 9.70. The Morgan fingerprint density at radius 2 is 0.768 bits per heavy atom. The molecule has 11 aromatic rings. The van der Waals surface area contributed by atoms with Crippen LogP contribution in [0.25, 0.3) is 56.3 Å². The van der Waals surface area contributed by atoms with Crippen molar-refractivity contribution in [2.45, 2.75) is 75.0 Å². The number of unbranched alkanes of at least 4 members (excludes halogenated alkanes) is 6. The van der Waals surface area contributed by atoms with Crippen molar-refractivity contribution in [1.29, 1.82) is 0 Å². The van der Waals surface area contributed by atoms with Gasteiger partial charge in [-0.05, 0) is 165 Å². The van der Waals surface area contributed by atoms with Crippen LogP contribution in [0.1, 0.15) is 109 Å². The van der Waals surface area contributed by atoms with Gasteiger partial charge in [-0.15, -0.1) is 0 Å². The van der Waals surface area contributed by atoms with E-state index in [2.05, 4.69) is 230 Å². The predicted octanol–water partition coefficient (Wildman–Crippen LogP) is 21.0. The molecule has 404 valence electrons. The minimum absolute atomic E-state index is 0.367. The van der Waals surface area contributed by atoms with Crippen LogP contribution in [-0.4, -0.2) is 13.2 Å². The Morgan fingerprint density at radius 1 is 0.354 bits per heavy atom. The first kappa shape index (κ1) is 52.3. The minimum atomic E-state index is -0.367. The Morgan fingerprint density at radius 3 is 1.28 bits per heavy atom. The molecule has 2 aliphatic rings. The number of benzene rings is 10. The van der Waals surface area contributed by atoms with Crippen LogP contribution in [0.15, 0.2) is 254 Å². The average Bonchev–Trinajstić information content (AvgIpc) is 2.13. The van der Waals surface area contributed by atoms with E-state index in [0.717, 1.165) is 126 Å². The molecule has 10 aromatic carbocycles. The molecule has 0 saturated heterocycles. The second-order valence-corrected chi connectivity index (χ2v) is 22.3. The lowest BCUT2D eigenvalue weighted by molar-refractivity contribution is 0.303. The van der Waals surface area contributed by atoms with Crippen LogP contribution in [0, 0.1) is 0 Å². The SMILES string of the molecule is C=Cc1ccc(OCCCCCCC2(c3ccccc3)c3ccccc3-c3ccc(N(c4ccc5c(c4)C(CCCCCCOc4ccc(C=C)cc4)(c4ccccc4)c4ccccc4-5)c4ccc5oc6ccccc6c5c4)cc32)cc1. The summed E-state index contributed by atoms with van der Waals surface area (Å²) in [5.41, 5.74) is 19.9. The van der Waals surface area contributed by atoms with Crippen LogP contribution in [0.5, 0.6) is 11.5 Å². The van der Waals surface area contributed by atoms with Gasteiger partial charge in [0, 0.05) is 38.7 Å². The lowest BCUT2D eigenvalue weighted by Gasteiger charge is -2.35. The number of anilines is 3. The normalized spacial score (nSPS) is 15.6. The number of nitrogens with zero attached hydrogens (tertiary/aromatic N) is 1. The maximum absolute atomic E-state index is 6.50. The monoisotopic (exact) mass is 1070 g/mol. The average molecular weight is 1070 g/mol. The fraction of sp³-hybridized carbons (Fsp3) is 0.179. The third-order valence-corrected chi connectivity index (χ3v) is 17.6. The zero-order chi connectivity index (χ0) is 55.3. The Hall–Kier alpha value is -9.12. The van der Waals surface area contributed by atoms with Crippen LogP contribution < -0.4 is 14.4 Å². The first-order valence-electron chi connectivity index (χ1n) is 29.6. The first-order valence-corrected chi connectivity index (χ1v) is 29.6. The highest BCUT2D eigenvalue weighted by molar-refractivity contribution is 6.06. The van der Waals surface area contributed by atoms with Gasteiger partial charge in [0.05, 0.1) is 13.2 Å². The van der Waals surface area contributed by atoms with Crippen LogP contribution >= 0.6 is 0 Å². The van der Waals surface area contributed by atoms with Gasteiger partial charge < -0.3 is 18.8 Å². The van der Waals surface area contributed by atoms with Crippen LogP contribution in [0.2, 0.25) is 0 Å². The molecule has 4 nitrogen and oxygen atoms in total. The number of para-hydroxylation sites is 1. The van der Waals surface area contributed by atoms with E-state index < -0.39 is 0 Å². The molecule has 0 fully saturated rings. The summed E-state index contributed by atoms with van der Waals surface area (Å²) in [5, 5.41) is 2.21. The Balaban J connectivity index is 0.887. The molecule has 1 heterocycles. The second kappa shape index (κ2) is 23.2. The topological polar surface area (TPSA) is 34.8 Å². The van der Waals surface area contributed by atoms with Crippen LogP contribution in [0.4, 0.5) is 17.1 Å². The van der Waals surface area contributed by atoms with Crippen molar-refractivity contribution in [2.75, 3.05) is 18.1 Å². The van der Waals surface area contributed by atoms with Crippen molar-refractivity contribution < 1.29 is 13.9 Å². The molecule has 4 heteroatoms. The quantitative estimate of drug-likeness (QED) is 0.0598. The lowest BCUT2D eigenvalue weighted by atomic mass is 9.69. The molecule has 2 atom stereocenters. The Kier molecular flexibility index (Phi) is 14.8. The van der Waals surface area contributed by atoms with Crippen molar-refractivity contribution in [3.05, 3.63) is 294 Å². The highest BCUT2D eigenvalue weighted by Gasteiger charge is 2.46. The molecule has 13 rings (SSSR count). The summed E-state index contributed by atoms with van der Waals surface area (Å²) >= 11 is 0. The maximum atomic E-state index is 6.50. The number of furan rings is 1. The standard InChI is InChI=1S/C78H69NO3/c1-3-56-35-42-63(43-36-56)80-51-23-7-5-21-49-77(58-25-11-9-12-26-58)71-32-18-15-29-65(71)67-46-39-61(54-73(67)77)79(60-41-48-76-70(53-60)69-31-17-20-34-75(69)82-76)62-40-47-68-66-30-16-19-33-72(66)78(74(68)55-62,59-27-13-10-14-28-59)50-22-6-8-24-52-81-64-44-37-57(4-2)38-45-64/h3-4,9-20,25-48,53-55H,1-2,5-8,21-24,49-52H2. The van der Waals surface area contributed by atoms with E-state index in [9.17, 15) is 0 Å². The number of ether oxygens (including phenoxy) is 2. The van der Waals surface area contributed by atoms with E-state index in [1.807, 2.05) is 36.4 Å². The van der Waals surface area contributed by atoms with E-state index in [1.54, 1.807) is 0 Å². The van der Waals surface area contributed by atoms with Gasteiger partial charge in [-0.2, -0.15) is 0 Å². The summed E-state index contributed by atoms with van der Waals surface area (Å²) in [4.78, 5) is 2.52. The largest absolute Gasteiger partial charge is 0.494 e. The minimum Gasteiger partial charge on any atom is -0.494 e. The fourth-order valence-electron chi connectivity index (χ4n) is 13.7. The van der Waals surface area contributed by atoms with Gasteiger partial charge in [-0.25, -0.2) is 0 Å². The predicted molar refractivity (Wildman–Crippen MR) is 342 cm³/mol. The van der Waals surface area contributed by atoms with Crippen LogP contribution in [-0.2, 0) is 10.8 Å². The maximum Gasteiger partial charge on any atom is 0.135 e. The molecular weight excluding hydrogens is 999 g/mol. The highest BCUT2D eigenvalue weighted by atomic mass is 16.5. The zero-order valence-electron chi connectivity index (χ0n) is 46.7. The van der Waals surface area contributed by atoms with Gasteiger partial charge in [0.2, 0.25) is 0 Å². The molecule has 1 aromatic heterocycles. The van der Waals surface area contributed by atoms with E-state index in [-0.39, 0.29) is 10.8 Å². The number of hydrogen-bond acceptors (Lipinski definition) is 4. The van der Waals surface area contributed by atoms with Crippen LogP contribution in [0.3, 0.4) is 0 Å². The van der Waals surface area contributed by atoms with E-state index in [4.69, 9.17) is 13.9 Å². The van der Waals surface area contributed by atoms with E-state index >= 15 is 0 Å². The zero-order valence-corrected chi connectivity index (χ0v) is 46.7. The highest BCUT2D eigenvalue weighted by Crippen LogP contribution is 2.59. The molecule has 0 aliphatic heterocycles. The van der Waals surface area contributed by atoms with Gasteiger partial charge in [0.1, 0.15) is 22.7 Å². The molecular formula is C78H69NO3. The number of rotatable bonds is 23. The summed E-state index contributed by atoms with van der Waals surface area (Å²) in [5.74, 6) is 1.82. The molecule has 0 N–H and O–H groups in total. The molecule has 0 radical (unpaired) electrons. The van der Waals surface area contributed by atoms with Gasteiger partial charge in [0.25, 0.3) is 0 Å². The van der Waals surface area contributed by atoms with Gasteiger partial charge in [-0.1, -0.05) is 228 Å². The van der Waals surface area contributed by atoms with Crippen molar-refractivity contribution in [2.24, 2.45) is 0 Å². The molecule has 82 heavy (non-hydrogen) atoms. The Labute approximate surface area is 483 Å². The van der Waals surface area contributed by atoms with E-state index in [0.29, 0.717) is 13.2 Å². The molecule has 0 amide bonds. The van der Waals surface area contributed by atoms with Crippen molar-refractivity contribution in [3.63, 3.8) is 0 Å². The fourth-order valence-corrected chi connectivity index (χ4v) is 13.7. The smallest absolute Gasteiger partial charge is 0.135 e. The number of fused-ring (bicyclic) bond motifs is 9. The van der Waals surface area contributed by atoms with Crippen molar-refractivity contribution in [3.8, 4) is 33.8 Å². The van der Waals surface area contributed by atoms with Gasteiger partial charge in [-0.3, -0.25) is 0 Å². The Bertz CT molecular complexity index is 3840. The van der Waals surface area contributed by atoms with Crippen molar-refractivity contribution >= 4 is 51.2 Å². The second-order valence-electron chi connectivity index (χ2n) is 22.3. The number of hydrogen-bond donors (Lipinski definition) is 0. The first-order chi connectivity index (χ1) is 40.6. The molecule has 2 aliphatic carbocycles. The summed E-state index contributed by atoms with van der Waals surface area (Å²) in [6.45, 7) is 9.20. The molecule has 0 bridgehead atoms. The third-order valence-electron chi connectivity index (χ3n) is 17.6. The van der Waals surface area contributed by atoms with Gasteiger partial charge in [0.15, 0.2) is 0 Å². The summed E-state index contributed by atoms with van der Waals surface area (Å²) in [6.07, 6.45) is 14.2. The van der Waals surface area contributed by atoms with Crippen molar-refractivity contribution in [1.82, 2.24) is 0 Å². The summed E-state index contributed by atoms with van der Waals surface area (Å²) in [7, 11) is 0. The summed E-state index contributed by atoms with van der Waals surface area (Å²) < 4.78 is 18.9. The molecule has 0 spiro atoms.